The van der Waals surface area contributed by atoms with Gasteiger partial charge in [-0.3, -0.25) is 9.59 Å². The molecule has 118 valence electrons. The lowest BCUT2D eigenvalue weighted by Crippen LogP contribution is -2.61. The van der Waals surface area contributed by atoms with Crippen LogP contribution in [0.5, 0.6) is 0 Å². The van der Waals surface area contributed by atoms with Crippen molar-refractivity contribution in [2.45, 2.75) is 57.9 Å². The molecule has 4 aliphatic carbocycles. The lowest BCUT2D eigenvalue weighted by atomic mass is 9.43. The summed E-state index contributed by atoms with van der Waals surface area (Å²) in [4.78, 5) is 23.7. The van der Waals surface area contributed by atoms with Crippen molar-refractivity contribution in [3.05, 3.63) is 12.2 Å². The third kappa shape index (κ3) is 1.39. The lowest BCUT2D eigenvalue weighted by molar-refractivity contribution is -0.157. The van der Waals surface area contributed by atoms with Crippen molar-refractivity contribution in [1.29, 1.82) is 0 Å². The van der Waals surface area contributed by atoms with Crippen LogP contribution in [0.4, 0.5) is 0 Å². The quantitative estimate of drug-likeness (QED) is 0.747. The number of hydrogen-bond acceptors (Lipinski definition) is 2. The molecule has 0 saturated heterocycles. The van der Waals surface area contributed by atoms with Crippen molar-refractivity contribution in [1.82, 2.24) is 5.32 Å². The molecule has 3 nitrogen and oxygen atoms in total. The van der Waals surface area contributed by atoms with Crippen molar-refractivity contribution in [3.8, 4) is 0 Å². The number of amides is 1. The second-order valence-corrected chi connectivity index (χ2v) is 8.76. The first-order chi connectivity index (χ1) is 10.5. The van der Waals surface area contributed by atoms with Crippen LogP contribution in [0.3, 0.4) is 0 Å². The van der Waals surface area contributed by atoms with Gasteiger partial charge in [0.2, 0.25) is 5.91 Å². The van der Waals surface area contributed by atoms with Gasteiger partial charge in [0.1, 0.15) is 5.78 Å². The first kappa shape index (κ1) is 13.3. The molecule has 0 bridgehead atoms. The van der Waals surface area contributed by atoms with Crippen molar-refractivity contribution in [2.24, 2.45) is 34.5 Å². The summed E-state index contributed by atoms with van der Waals surface area (Å²) in [6.07, 6.45) is 12.1. The largest absolute Gasteiger partial charge is 0.349 e. The summed E-state index contributed by atoms with van der Waals surface area (Å²) < 4.78 is 0. The number of rotatable bonds is 0. The molecule has 7 atom stereocenters. The zero-order valence-corrected chi connectivity index (χ0v) is 13.3. The van der Waals surface area contributed by atoms with Gasteiger partial charge >= 0.3 is 0 Å². The second kappa shape index (κ2) is 4.04. The van der Waals surface area contributed by atoms with Gasteiger partial charge in [-0.2, -0.15) is 0 Å². The number of ketones is 1. The van der Waals surface area contributed by atoms with Gasteiger partial charge in [0.05, 0.1) is 0 Å². The van der Waals surface area contributed by atoms with E-state index in [1.807, 2.05) is 0 Å². The SMILES string of the molecule is CC12C=CC(=O)NC1CCC1C2CCC23CC(=O)C2CCC13. The lowest BCUT2D eigenvalue weighted by Gasteiger charge is -2.61. The van der Waals surface area contributed by atoms with Crippen molar-refractivity contribution < 1.29 is 9.59 Å². The molecule has 22 heavy (non-hydrogen) atoms. The fourth-order valence-electron chi connectivity index (χ4n) is 7.28. The molecule has 1 N–H and O–H groups in total. The van der Waals surface area contributed by atoms with Crippen LogP contribution >= 0.6 is 0 Å². The molecular weight excluding hydrogens is 274 g/mol. The van der Waals surface area contributed by atoms with E-state index in [0.717, 1.165) is 31.1 Å². The zero-order chi connectivity index (χ0) is 15.1. The third-order valence-electron chi connectivity index (χ3n) is 8.29. The van der Waals surface area contributed by atoms with Gasteiger partial charge < -0.3 is 5.32 Å². The van der Waals surface area contributed by atoms with Crippen molar-refractivity contribution in [2.75, 3.05) is 0 Å². The number of Topliss-reactive ketones (excluding diaryl/α,β-unsaturated/α-hetero) is 1. The van der Waals surface area contributed by atoms with E-state index < -0.39 is 0 Å². The van der Waals surface area contributed by atoms with Crippen LogP contribution in [0.25, 0.3) is 0 Å². The smallest absolute Gasteiger partial charge is 0.243 e. The number of nitrogens with one attached hydrogen (secondary N) is 1. The summed E-state index contributed by atoms with van der Waals surface area (Å²) in [5.41, 5.74) is 0.521. The maximum atomic E-state index is 12.0. The molecule has 5 aliphatic rings. The van der Waals surface area contributed by atoms with Crippen LogP contribution in [0, 0.1) is 34.5 Å². The van der Waals surface area contributed by atoms with Gasteiger partial charge in [-0.05, 0) is 67.8 Å². The Kier molecular flexibility index (Phi) is 2.45. The molecule has 5 rings (SSSR count). The highest BCUT2D eigenvalue weighted by Crippen LogP contribution is 2.70. The predicted octanol–water partition coefficient (Wildman–Crippen LogP) is 2.85. The molecule has 4 saturated carbocycles. The highest BCUT2D eigenvalue weighted by Gasteiger charge is 2.67. The highest BCUT2D eigenvalue weighted by molar-refractivity contribution is 5.90. The molecule has 3 heteroatoms. The Bertz CT molecular complexity index is 596. The highest BCUT2D eigenvalue weighted by atomic mass is 16.1. The number of hydrogen-bond donors (Lipinski definition) is 1. The molecule has 4 fully saturated rings. The molecule has 0 aromatic rings. The standard InChI is InChI=1S/C19H25NO2/c1-18-8-7-17(22)20-16(18)5-2-11-12(18)6-9-19-10-15(21)14(19)4-3-13(11)19/h7-8,11-14,16H,2-6,9-10H2,1H3,(H,20,22). The van der Waals surface area contributed by atoms with Crippen LogP contribution in [0.1, 0.15) is 51.9 Å². The Balaban J connectivity index is 1.50. The Labute approximate surface area is 131 Å². The van der Waals surface area contributed by atoms with E-state index in [4.69, 9.17) is 0 Å². The minimum atomic E-state index is 0.0822. The first-order valence-electron chi connectivity index (χ1n) is 9.07. The van der Waals surface area contributed by atoms with Crippen LogP contribution in [0.15, 0.2) is 12.2 Å². The number of carbonyl (C=O) groups is 2. The summed E-state index contributed by atoms with van der Waals surface area (Å²) in [5.74, 6) is 3.27. The Morgan fingerprint density at radius 2 is 1.95 bits per heavy atom. The molecule has 0 radical (unpaired) electrons. The van der Waals surface area contributed by atoms with E-state index in [2.05, 4.69) is 18.3 Å². The minimum Gasteiger partial charge on any atom is -0.349 e. The molecule has 1 amide bonds. The van der Waals surface area contributed by atoms with E-state index in [-0.39, 0.29) is 11.3 Å². The molecule has 1 heterocycles. The second-order valence-electron chi connectivity index (χ2n) is 8.76. The summed E-state index contributed by atoms with van der Waals surface area (Å²) in [6.45, 7) is 2.36. The van der Waals surface area contributed by atoms with E-state index >= 15 is 0 Å². The van der Waals surface area contributed by atoms with E-state index in [1.54, 1.807) is 6.08 Å². The monoisotopic (exact) mass is 299 g/mol. The minimum absolute atomic E-state index is 0.0822. The number of fused-ring (bicyclic) bond motifs is 4. The van der Waals surface area contributed by atoms with Crippen molar-refractivity contribution in [3.63, 3.8) is 0 Å². The van der Waals surface area contributed by atoms with Gasteiger partial charge in [0.15, 0.2) is 0 Å². The number of carbonyl (C=O) groups excluding carboxylic acids is 2. The molecule has 7 unspecified atom stereocenters. The van der Waals surface area contributed by atoms with Gasteiger partial charge in [-0.25, -0.2) is 0 Å². The Hall–Kier alpha value is -1.12. The normalized spacial score (nSPS) is 55.4. The zero-order valence-electron chi connectivity index (χ0n) is 13.3. The molecular formula is C19H25NO2. The summed E-state index contributed by atoms with van der Waals surface area (Å²) in [7, 11) is 0. The van der Waals surface area contributed by atoms with Crippen LogP contribution in [-0.2, 0) is 9.59 Å². The average Bonchev–Trinajstić information content (AvgIpc) is 2.80. The predicted molar refractivity (Wildman–Crippen MR) is 82.9 cm³/mol. The van der Waals surface area contributed by atoms with Crippen LogP contribution in [-0.4, -0.2) is 17.7 Å². The molecule has 1 aliphatic heterocycles. The summed E-state index contributed by atoms with van der Waals surface area (Å²) in [5, 5.41) is 3.21. The Morgan fingerprint density at radius 1 is 1.09 bits per heavy atom. The Morgan fingerprint density at radius 3 is 2.77 bits per heavy atom. The van der Waals surface area contributed by atoms with Gasteiger partial charge in [0, 0.05) is 23.8 Å². The van der Waals surface area contributed by atoms with Crippen LogP contribution < -0.4 is 5.32 Å². The summed E-state index contributed by atoms with van der Waals surface area (Å²) >= 11 is 0. The maximum Gasteiger partial charge on any atom is 0.243 e. The first-order valence-corrected chi connectivity index (χ1v) is 9.07. The molecule has 0 aromatic heterocycles. The van der Waals surface area contributed by atoms with E-state index in [0.29, 0.717) is 29.1 Å². The van der Waals surface area contributed by atoms with Gasteiger partial charge in [-0.15, -0.1) is 0 Å². The fourth-order valence-corrected chi connectivity index (χ4v) is 7.28. The summed E-state index contributed by atoms with van der Waals surface area (Å²) in [6, 6.07) is 0.320. The van der Waals surface area contributed by atoms with Crippen LogP contribution in [0.2, 0.25) is 0 Å². The van der Waals surface area contributed by atoms with Gasteiger partial charge in [0.25, 0.3) is 0 Å². The average molecular weight is 299 g/mol. The third-order valence-corrected chi connectivity index (χ3v) is 8.29. The fraction of sp³-hybridized carbons (Fsp3) is 0.789. The maximum absolute atomic E-state index is 12.0. The van der Waals surface area contributed by atoms with Crippen molar-refractivity contribution >= 4 is 11.7 Å². The van der Waals surface area contributed by atoms with E-state index in [1.165, 1.54) is 25.7 Å². The van der Waals surface area contributed by atoms with E-state index in [9.17, 15) is 9.59 Å². The topological polar surface area (TPSA) is 46.2 Å². The van der Waals surface area contributed by atoms with Gasteiger partial charge in [-0.1, -0.05) is 13.0 Å². The molecule has 0 aromatic carbocycles. The molecule has 1 spiro atoms.